The monoisotopic (exact) mass is 245 g/mol. The molecule has 1 heterocycles. The molecule has 0 radical (unpaired) electrons. The minimum absolute atomic E-state index is 0.258. The normalized spacial score (nSPS) is 15.3. The van der Waals surface area contributed by atoms with E-state index in [1.807, 2.05) is 12.1 Å². The first-order valence-corrected chi connectivity index (χ1v) is 6.30. The van der Waals surface area contributed by atoms with Crippen molar-refractivity contribution in [1.82, 2.24) is 0 Å². The second-order valence-electron chi connectivity index (χ2n) is 3.68. The lowest BCUT2D eigenvalue weighted by molar-refractivity contribution is 0.284. The van der Waals surface area contributed by atoms with E-state index < -0.39 is 10.5 Å². The lowest BCUT2D eigenvalue weighted by atomic mass is 10.0. The lowest BCUT2D eigenvalue weighted by Gasteiger charge is -2.18. The third-order valence-electron chi connectivity index (χ3n) is 2.47. The standard InChI is InChI=1S/C10H12FNO3S/c11-16(13,14)15-7-8-3-4-10-9(6-8)2-1-5-12-10/h3-4,6,12H,1-2,5,7H2. The molecule has 0 aromatic heterocycles. The molecule has 1 aliphatic rings. The number of hydrogen-bond acceptors (Lipinski definition) is 4. The average Bonchev–Trinajstić information content (AvgIpc) is 2.25. The van der Waals surface area contributed by atoms with E-state index in [2.05, 4.69) is 9.50 Å². The number of aryl methyl sites for hydroxylation is 1. The highest BCUT2D eigenvalue weighted by Gasteiger charge is 2.11. The van der Waals surface area contributed by atoms with Crippen LogP contribution in [0.1, 0.15) is 17.5 Å². The molecule has 1 N–H and O–H groups in total. The Bertz CT molecular complexity index is 487. The lowest BCUT2D eigenvalue weighted by Crippen LogP contribution is -2.12. The van der Waals surface area contributed by atoms with Gasteiger partial charge in [-0.15, -0.1) is 0 Å². The molecule has 0 spiro atoms. The van der Waals surface area contributed by atoms with Crippen LogP contribution in [0.15, 0.2) is 18.2 Å². The average molecular weight is 245 g/mol. The zero-order valence-electron chi connectivity index (χ0n) is 8.57. The maximum Gasteiger partial charge on any atom is 0.437 e. The summed E-state index contributed by atoms with van der Waals surface area (Å²) < 4.78 is 36.6. The predicted molar refractivity (Wildman–Crippen MR) is 58.1 cm³/mol. The number of anilines is 1. The van der Waals surface area contributed by atoms with Crippen LogP contribution < -0.4 is 5.32 Å². The summed E-state index contributed by atoms with van der Waals surface area (Å²) in [4.78, 5) is 0. The summed E-state index contributed by atoms with van der Waals surface area (Å²) >= 11 is 0. The van der Waals surface area contributed by atoms with Crippen molar-refractivity contribution in [2.45, 2.75) is 19.4 Å². The highest BCUT2D eigenvalue weighted by Crippen LogP contribution is 2.23. The molecule has 1 aromatic rings. The Morgan fingerprint density at radius 1 is 1.44 bits per heavy atom. The van der Waals surface area contributed by atoms with Crippen LogP contribution in [0, 0.1) is 0 Å². The Balaban J connectivity index is 2.11. The van der Waals surface area contributed by atoms with Gasteiger partial charge in [-0.3, -0.25) is 0 Å². The van der Waals surface area contributed by atoms with Crippen LogP contribution in [0.3, 0.4) is 0 Å². The summed E-state index contributed by atoms with van der Waals surface area (Å²) in [6, 6.07) is 5.42. The Hall–Kier alpha value is -1.14. The quantitative estimate of drug-likeness (QED) is 0.825. The van der Waals surface area contributed by atoms with E-state index in [0.29, 0.717) is 5.56 Å². The molecule has 1 aromatic carbocycles. The fourth-order valence-corrected chi connectivity index (χ4v) is 2.03. The molecular formula is C10H12FNO3S. The van der Waals surface area contributed by atoms with Gasteiger partial charge in [0.2, 0.25) is 0 Å². The van der Waals surface area contributed by atoms with E-state index in [4.69, 9.17) is 0 Å². The largest absolute Gasteiger partial charge is 0.437 e. The third kappa shape index (κ3) is 2.93. The smallest absolute Gasteiger partial charge is 0.385 e. The molecule has 0 amide bonds. The van der Waals surface area contributed by atoms with Gasteiger partial charge in [-0.25, -0.2) is 4.18 Å². The van der Waals surface area contributed by atoms with E-state index in [1.165, 1.54) is 0 Å². The van der Waals surface area contributed by atoms with Crippen molar-refractivity contribution >= 4 is 16.2 Å². The van der Waals surface area contributed by atoms with E-state index in [0.717, 1.165) is 30.6 Å². The second kappa shape index (κ2) is 4.39. The molecule has 0 fully saturated rings. The first kappa shape index (κ1) is 11.3. The van der Waals surface area contributed by atoms with Crippen LogP contribution in [0.2, 0.25) is 0 Å². The molecule has 6 heteroatoms. The van der Waals surface area contributed by atoms with Gasteiger partial charge in [-0.2, -0.15) is 8.42 Å². The molecule has 4 nitrogen and oxygen atoms in total. The van der Waals surface area contributed by atoms with E-state index >= 15 is 0 Å². The van der Waals surface area contributed by atoms with Gasteiger partial charge >= 0.3 is 10.5 Å². The van der Waals surface area contributed by atoms with Gasteiger partial charge in [0, 0.05) is 12.2 Å². The third-order valence-corrected chi connectivity index (χ3v) is 2.87. The van der Waals surface area contributed by atoms with Crippen molar-refractivity contribution in [3.05, 3.63) is 29.3 Å². The Morgan fingerprint density at radius 2 is 2.25 bits per heavy atom. The molecular weight excluding hydrogens is 233 g/mol. The molecule has 0 aliphatic carbocycles. The van der Waals surface area contributed by atoms with Crippen molar-refractivity contribution < 1.29 is 16.5 Å². The number of hydrogen-bond donors (Lipinski definition) is 1. The van der Waals surface area contributed by atoms with Crippen LogP contribution in [-0.4, -0.2) is 15.0 Å². The van der Waals surface area contributed by atoms with Gasteiger partial charge in [-0.05, 0) is 30.0 Å². The zero-order chi connectivity index (χ0) is 11.6. The highest BCUT2D eigenvalue weighted by atomic mass is 32.3. The first-order chi connectivity index (χ1) is 7.54. The van der Waals surface area contributed by atoms with Crippen LogP contribution >= 0.6 is 0 Å². The van der Waals surface area contributed by atoms with Crippen molar-refractivity contribution in [1.29, 1.82) is 0 Å². The van der Waals surface area contributed by atoms with E-state index in [9.17, 15) is 12.3 Å². The number of fused-ring (bicyclic) bond motifs is 1. The summed E-state index contributed by atoms with van der Waals surface area (Å²) in [5.41, 5.74) is 2.82. The van der Waals surface area contributed by atoms with E-state index in [-0.39, 0.29) is 6.61 Å². The number of nitrogens with one attached hydrogen (secondary N) is 1. The van der Waals surface area contributed by atoms with E-state index in [1.54, 1.807) is 6.07 Å². The summed E-state index contributed by atoms with van der Waals surface area (Å²) in [6.45, 7) is 0.688. The van der Waals surface area contributed by atoms with Crippen molar-refractivity contribution in [2.24, 2.45) is 0 Å². The van der Waals surface area contributed by atoms with Crippen molar-refractivity contribution in [3.8, 4) is 0 Å². The molecule has 16 heavy (non-hydrogen) atoms. The van der Waals surface area contributed by atoms with Gasteiger partial charge < -0.3 is 5.32 Å². The first-order valence-electron chi connectivity index (χ1n) is 4.99. The molecule has 1 aliphatic heterocycles. The molecule has 0 atom stereocenters. The van der Waals surface area contributed by atoms with Gasteiger partial charge in [0.15, 0.2) is 0 Å². The van der Waals surface area contributed by atoms with Crippen LogP contribution in [0.4, 0.5) is 9.57 Å². The maximum absolute atomic E-state index is 12.2. The van der Waals surface area contributed by atoms with Gasteiger partial charge in [0.25, 0.3) is 0 Å². The minimum atomic E-state index is -4.86. The highest BCUT2D eigenvalue weighted by molar-refractivity contribution is 7.81. The second-order valence-corrected chi connectivity index (χ2v) is 4.70. The zero-order valence-corrected chi connectivity index (χ0v) is 9.39. The maximum atomic E-state index is 12.2. The Labute approximate surface area is 93.8 Å². The minimum Gasteiger partial charge on any atom is -0.385 e. The number of rotatable bonds is 3. The fraction of sp³-hybridized carbons (Fsp3) is 0.400. The van der Waals surface area contributed by atoms with Gasteiger partial charge in [0.1, 0.15) is 0 Å². The predicted octanol–water partition coefficient (Wildman–Crippen LogP) is 1.78. The van der Waals surface area contributed by atoms with Gasteiger partial charge in [0.05, 0.1) is 6.61 Å². The fourth-order valence-electron chi connectivity index (χ4n) is 1.76. The van der Waals surface area contributed by atoms with Crippen LogP contribution in [-0.2, 0) is 27.7 Å². The van der Waals surface area contributed by atoms with Crippen molar-refractivity contribution in [3.63, 3.8) is 0 Å². The SMILES string of the molecule is O=S(=O)(F)OCc1ccc2c(c1)CCCN2. The summed E-state index contributed by atoms with van der Waals surface area (Å²) in [7, 11) is -4.86. The molecule has 2 rings (SSSR count). The van der Waals surface area contributed by atoms with Crippen LogP contribution in [0.25, 0.3) is 0 Å². The topological polar surface area (TPSA) is 55.4 Å². The number of halogens is 1. The number of benzene rings is 1. The molecule has 0 bridgehead atoms. The molecule has 0 saturated heterocycles. The van der Waals surface area contributed by atoms with Gasteiger partial charge in [-0.1, -0.05) is 16.0 Å². The molecule has 0 unspecified atom stereocenters. The summed E-state index contributed by atoms with van der Waals surface area (Å²) in [5, 5.41) is 3.23. The Morgan fingerprint density at radius 3 is 3.00 bits per heavy atom. The van der Waals surface area contributed by atoms with Crippen LogP contribution in [0.5, 0.6) is 0 Å². The molecule has 0 saturated carbocycles. The summed E-state index contributed by atoms with van der Waals surface area (Å²) in [6.07, 6.45) is 1.98. The molecule has 88 valence electrons. The van der Waals surface area contributed by atoms with Crippen molar-refractivity contribution in [2.75, 3.05) is 11.9 Å². The summed E-state index contributed by atoms with van der Waals surface area (Å²) in [5.74, 6) is 0. The Kier molecular flexibility index (Phi) is 3.11.